The molecule has 1 saturated heterocycles. The van der Waals surface area contributed by atoms with Crippen molar-refractivity contribution >= 4 is 28.9 Å². The molecule has 5 heteroatoms. The van der Waals surface area contributed by atoms with Gasteiger partial charge in [-0.15, -0.1) is 0 Å². The van der Waals surface area contributed by atoms with E-state index in [2.05, 4.69) is 10.2 Å². The van der Waals surface area contributed by atoms with Crippen molar-refractivity contribution in [3.8, 4) is 0 Å². The first kappa shape index (κ1) is 15.8. The van der Waals surface area contributed by atoms with Gasteiger partial charge in [0.25, 0.3) is 5.91 Å². The number of hydrogen-bond donors (Lipinski definition) is 1. The third-order valence-corrected chi connectivity index (χ3v) is 4.33. The van der Waals surface area contributed by atoms with Gasteiger partial charge in [0.15, 0.2) is 0 Å². The van der Waals surface area contributed by atoms with Gasteiger partial charge in [-0.05, 0) is 61.7 Å². The van der Waals surface area contributed by atoms with Crippen LogP contribution in [0.3, 0.4) is 0 Å². The Morgan fingerprint density at radius 2 is 1.74 bits per heavy atom. The molecule has 3 rings (SSSR count). The van der Waals surface area contributed by atoms with Crippen LogP contribution in [0.15, 0.2) is 42.5 Å². The molecule has 2 aromatic rings. The summed E-state index contributed by atoms with van der Waals surface area (Å²) in [6.07, 6.45) is 3.74. The molecule has 0 aliphatic carbocycles. The minimum absolute atomic E-state index is 0.104. The summed E-state index contributed by atoms with van der Waals surface area (Å²) in [7, 11) is 0. The average Bonchev–Trinajstić information content (AvgIpc) is 2.56. The number of benzene rings is 2. The van der Waals surface area contributed by atoms with Crippen molar-refractivity contribution in [1.29, 1.82) is 0 Å². The standard InChI is InChI=1S/C18H18ClFN2O/c19-17-12-13(20)4-9-16(17)18(23)21-14-5-7-15(8-6-14)22-10-2-1-3-11-22/h4-9,12H,1-3,10-11H2,(H,21,23). The summed E-state index contributed by atoms with van der Waals surface area (Å²) < 4.78 is 13.0. The van der Waals surface area contributed by atoms with Gasteiger partial charge in [0, 0.05) is 24.5 Å². The minimum atomic E-state index is -0.461. The lowest BCUT2D eigenvalue weighted by Crippen LogP contribution is -2.29. The summed E-state index contributed by atoms with van der Waals surface area (Å²) in [6, 6.07) is 11.5. The van der Waals surface area contributed by atoms with Gasteiger partial charge in [0.1, 0.15) is 5.82 Å². The summed E-state index contributed by atoms with van der Waals surface area (Å²) in [4.78, 5) is 14.6. The van der Waals surface area contributed by atoms with E-state index >= 15 is 0 Å². The Labute approximate surface area is 140 Å². The molecule has 3 nitrogen and oxygen atoms in total. The Balaban J connectivity index is 1.69. The predicted molar refractivity (Wildman–Crippen MR) is 91.9 cm³/mol. The van der Waals surface area contributed by atoms with Crippen LogP contribution in [0.5, 0.6) is 0 Å². The first-order valence-corrected chi connectivity index (χ1v) is 8.13. The third-order valence-electron chi connectivity index (χ3n) is 4.02. The molecule has 120 valence electrons. The van der Waals surface area contributed by atoms with Crippen LogP contribution in [-0.4, -0.2) is 19.0 Å². The molecular formula is C18H18ClFN2O. The van der Waals surface area contributed by atoms with Crippen LogP contribution in [-0.2, 0) is 0 Å². The van der Waals surface area contributed by atoms with Gasteiger partial charge < -0.3 is 10.2 Å². The molecule has 0 atom stereocenters. The lowest BCUT2D eigenvalue weighted by Gasteiger charge is -2.28. The number of amides is 1. The number of halogens is 2. The molecule has 0 bridgehead atoms. The maximum atomic E-state index is 13.0. The minimum Gasteiger partial charge on any atom is -0.372 e. The van der Waals surface area contributed by atoms with Gasteiger partial charge in [-0.2, -0.15) is 0 Å². The molecule has 1 amide bonds. The van der Waals surface area contributed by atoms with E-state index in [1.165, 1.54) is 37.1 Å². The predicted octanol–water partition coefficient (Wildman–Crippen LogP) is 4.72. The topological polar surface area (TPSA) is 32.3 Å². The van der Waals surface area contributed by atoms with Gasteiger partial charge in [-0.3, -0.25) is 4.79 Å². The van der Waals surface area contributed by atoms with E-state index in [1.807, 2.05) is 24.3 Å². The second-order valence-electron chi connectivity index (χ2n) is 5.67. The van der Waals surface area contributed by atoms with E-state index in [-0.39, 0.29) is 16.5 Å². The highest BCUT2D eigenvalue weighted by Gasteiger charge is 2.13. The summed E-state index contributed by atoms with van der Waals surface area (Å²) >= 11 is 5.91. The number of anilines is 2. The van der Waals surface area contributed by atoms with Gasteiger partial charge in [0.05, 0.1) is 10.6 Å². The Kier molecular flexibility index (Phi) is 4.82. The van der Waals surface area contributed by atoms with E-state index in [4.69, 9.17) is 11.6 Å². The molecule has 1 heterocycles. The monoisotopic (exact) mass is 332 g/mol. The number of carbonyl (C=O) groups is 1. The summed E-state index contributed by atoms with van der Waals surface area (Å²) in [5.41, 5.74) is 2.12. The summed E-state index contributed by atoms with van der Waals surface area (Å²) in [5, 5.41) is 2.89. The van der Waals surface area contributed by atoms with Crippen LogP contribution in [0.4, 0.5) is 15.8 Å². The number of hydrogen-bond acceptors (Lipinski definition) is 2. The van der Waals surface area contributed by atoms with Crippen LogP contribution in [0.25, 0.3) is 0 Å². The van der Waals surface area contributed by atoms with E-state index in [0.29, 0.717) is 5.69 Å². The van der Waals surface area contributed by atoms with Crippen LogP contribution >= 0.6 is 11.6 Å². The molecule has 23 heavy (non-hydrogen) atoms. The molecule has 0 radical (unpaired) electrons. The zero-order valence-electron chi connectivity index (χ0n) is 12.7. The molecule has 1 N–H and O–H groups in total. The maximum Gasteiger partial charge on any atom is 0.257 e. The van der Waals surface area contributed by atoms with Crippen molar-refractivity contribution in [2.75, 3.05) is 23.3 Å². The van der Waals surface area contributed by atoms with Gasteiger partial charge in [-0.1, -0.05) is 11.6 Å². The average molecular weight is 333 g/mol. The molecule has 0 spiro atoms. The van der Waals surface area contributed by atoms with Gasteiger partial charge >= 0.3 is 0 Å². The first-order chi connectivity index (χ1) is 11.1. The number of nitrogens with zero attached hydrogens (tertiary/aromatic N) is 1. The fourth-order valence-corrected chi connectivity index (χ4v) is 3.03. The number of nitrogens with one attached hydrogen (secondary N) is 1. The van der Waals surface area contributed by atoms with E-state index in [1.54, 1.807) is 0 Å². The number of piperidine rings is 1. The van der Waals surface area contributed by atoms with Crippen molar-refractivity contribution in [1.82, 2.24) is 0 Å². The van der Waals surface area contributed by atoms with E-state index in [9.17, 15) is 9.18 Å². The highest BCUT2D eigenvalue weighted by atomic mass is 35.5. The second kappa shape index (κ2) is 7.01. The van der Waals surface area contributed by atoms with Crippen molar-refractivity contribution in [2.45, 2.75) is 19.3 Å². The summed E-state index contributed by atoms with van der Waals surface area (Å²) in [5.74, 6) is -0.807. The maximum absolute atomic E-state index is 13.0. The van der Waals surface area contributed by atoms with Crippen LogP contribution in [0, 0.1) is 5.82 Å². The highest BCUT2D eigenvalue weighted by molar-refractivity contribution is 6.34. The fraction of sp³-hybridized carbons (Fsp3) is 0.278. The molecule has 1 fully saturated rings. The highest BCUT2D eigenvalue weighted by Crippen LogP contribution is 2.23. The largest absolute Gasteiger partial charge is 0.372 e. The normalized spacial score (nSPS) is 14.6. The molecule has 0 unspecified atom stereocenters. The molecule has 2 aromatic carbocycles. The molecule has 1 aliphatic rings. The van der Waals surface area contributed by atoms with Gasteiger partial charge in [-0.25, -0.2) is 4.39 Å². The lowest BCUT2D eigenvalue weighted by molar-refractivity contribution is 0.102. The summed E-state index contributed by atoms with van der Waals surface area (Å²) in [6.45, 7) is 2.16. The van der Waals surface area contributed by atoms with Crippen molar-refractivity contribution in [3.05, 3.63) is 58.9 Å². The SMILES string of the molecule is O=C(Nc1ccc(N2CCCCC2)cc1)c1ccc(F)cc1Cl. The first-order valence-electron chi connectivity index (χ1n) is 7.75. The van der Waals surface area contributed by atoms with Crippen LogP contribution in [0.2, 0.25) is 5.02 Å². The quantitative estimate of drug-likeness (QED) is 0.882. The lowest BCUT2D eigenvalue weighted by atomic mass is 10.1. The molecule has 0 saturated carbocycles. The molecule has 1 aliphatic heterocycles. The third kappa shape index (κ3) is 3.82. The van der Waals surface area contributed by atoms with Crippen LogP contribution < -0.4 is 10.2 Å². The smallest absolute Gasteiger partial charge is 0.257 e. The van der Waals surface area contributed by atoms with E-state index < -0.39 is 5.82 Å². The zero-order valence-corrected chi connectivity index (χ0v) is 13.4. The Hall–Kier alpha value is -2.07. The van der Waals surface area contributed by atoms with E-state index in [0.717, 1.165) is 19.2 Å². The number of carbonyl (C=O) groups excluding carboxylic acids is 1. The van der Waals surface area contributed by atoms with Crippen molar-refractivity contribution < 1.29 is 9.18 Å². The Morgan fingerprint density at radius 3 is 2.39 bits per heavy atom. The van der Waals surface area contributed by atoms with Gasteiger partial charge in [0.2, 0.25) is 0 Å². The zero-order chi connectivity index (χ0) is 16.2. The fourth-order valence-electron chi connectivity index (χ4n) is 2.78. The molecule has 0 aromatic heterocycles. The van der Waals surface area contributed by atoms with Crippen LogP contribution in [0.1, 0.15) is 29.6 Å². The Morgan fingerprint density at radius 1 is 1.04 bits per heavy atom. The Bertz CT molecular complexity index is 697. The number of rotatable bonds is 3. The van der Waals surface area contributed by atoms with Crippen molar-refractivity contribution in [2.24, 2.45) is 0 Å². The second-order valence-corrected chi connectivity index (χ2v) is 6.08. The molecular weight excluding hydrogens is 315 g/mol. The van der Waals surface area contributed by atoms with Crippen molar-refractivity contribution in [3.63, 3.8) is 0 Å².